The minimum absolute atomic E-state index is 0.0140. The van der Waals surface area contributed by atoms with Crippen LogP contribution in [0.15, 0.2) is 18.2 Å². The van der Waals surface area contributed by atoms with Crippen molar-refractivity contribution in [1.29, 1.82) is 0 Å². The Morgan fingerprint density at radius 3 is 2.79 bits per heavy atom. The van der Waals surface area contributed by atoms with Gasteiger partial charge in [0.05, 0.1) is 22.2 Å². The molecule has 1 atom stereocenters. The number of rotatable bonds is 6. The summed E-state index contributed by atoms with van der Waals surface area (Å²) in [6.45, 7) is 3.63. The lowest BCUT2D eigenvalue weighted by Crippen LogP contribution is -2.35. The van der Waals surface area contributed by atoms with Crippen LogP contribution in [-0.2, 0) is 4.79 Å². The third kappa shape index (κ3) is 4.03. The molecular weight excluding hydrogens is 246 g/mol. The van der Waals surface area contributed by atoms with E-state index in [1.165, 1.54) is 12.1 Å². The van der Waals surface area contributed by atoms with Gasteiger partial charge in [-0.25, -0.2) is 0 Å². The molecule has 1 aromatic rings. The van der Waals surface area contributed by atoms with E-state index in [0.29, 0.717) is 17.7 Å². The number of benzene rings is 1. The van der Waals surface area contributed by atoms with Crippen LogP contribution in [0.1, 0.15) is 31.7 Å². The van der Waals surface area contributed by atoms with E-state index in [2.05, 4.69) is 5.32 Å². The number of hydrogen-bond donors (Lipinski definition) is 2. The van der Waals surface area contributed by atoms with Crippen LogP contribution in [0.3, 0.4) is 0 Å². The lowest BCUT2D eigenvalue weighted by Gasteiger charge is -2.13. The highest BCUT2D eigenvalue weighted by Crippen LogP contribution is 2.25. The summed E-state index contributed by atoms with van der Waals surface area (Å²) in [5, 5.41) is 13.4. The first kappa shape index (κ1) is 15.1. The predicted octanol–water partition coefficient (Wildman–Crippen LogP) is 2.36. The minimum Gasteiger partial charge on any atom is -0.324 e. The molecule has 0 aromatic heterocycles. The van der Waals surface area contributed by atoms with Gasteiger partial charge < -0.3 is 11.1 Å². The molecule has 1 amide bonds. The van der Waals surface area contributed by atoms with Crippen LogP contribution >= 0.6 is 0 Å². The third-order valence-electron chi connectivity index (χ3n) is 2.97. The molecule has 104 valence electrons. The zero-order chi connectivity index (χ0) is 14.4. The molecule has 0 aliphatic heterocycles. The highest BCUT2D eigenvalue weighted by molar-refractivity contribution is 5.95. The Labute approximate surface area is 112 Å². The van der Waals surface area contributed by atoms with Gasteiger partial charge in [0.25, 0.3) is 5.69 Å². The summed E-state index contributed by atoms with van der Waals surface area (Å²) in [5.41, 5.74) is 6.61. The lowest BCUT2D eigenvalue weighted by molar-refractivity contribution is -0.385. The molecule has 0 aliphatic carbocycles. The second-order valence-corrected chi connectivity index (χ2v) is 4.44. The molecule has 0 saturated heterocycles. The van der Waals surface area contributed by atoms with Gasteiger partial charge in [-0.05, 0) is 19.4 Å². The quantitative estimate of drug-likeness (QED) is 0.609. The number of nitrogens with zero attached hydrogens (tertiary/aromatic N) is 1. The van der Waals surface area contributed by atoms with Crippen LogP contribution in [0.2, 0.25) is 0 Å². The van der Waals surface area contributed by atoms with Gasteiger partial charge in [0.2, 0.25) is 5.91 Å². The van der Waals surface area contributed by atoms with Gasteiger partial charge in [-0.3, -0.25) is 14.9 Å². The van der Waals surface area contributed by atoms with Crippen LogP contribution in [-0.4, -0.2) is 16.9 Å². The van der Waals surface area contributed by atoms with Gasteiger partial charge in [-0.2, -0.15) is 0 Å². The number of hydrogen-bond acceptors (Lipinski definition) is 4. The number of nitro benzene ring substituents is 1. The van der Waals surface area contributed by atoms with Crippen molar-refractivity contribution in [1.82, 2.24) is 0 Å². The topological polar surface area (TPSA) is 98.3 Å². The van der Waals surface area contributed by atoms with Crippen molar-refractivity contribution in [2.45, 2.75) is 39.2 Å². The van der Waals surface area contributed by atoms with Gasteiger partial charge in [-0.1, -0.05) is 25.8 Å². The Balaban J connectivity index is 2.80. The number of anilines is 1. The highest BCUT2D eigenvalue weighted by Gasteiger charge is 2.17. The van der Waals surface area contributed by atoms with E-state index in [-0.39, 0.29) is 11.6 Å². The summed E-state index contributed by atoms with van der Waals surface area (Å²) < 4.78 is 0. The number of nitrogens with one attached hydrogen (secondary N) is 1. The molecule has 0 radical (unpaired) electrons. The molecular formula is C13H19N3O3. The molecule has 0 saturated carbocycles. The van der Waals surface area contributed by atoms with Crippen LogP contribution in [0.4, 0.5) is 11.4 Å². The van der Waals surface area contributed by atoms with Crippen molar-refractivity contribution in [3.8, 4) is 0 Å². The Morgan fingerprint density at radius 2 is 2.21 bits per heavy atom. The molecule has 6 heteroatoms. The van der Waals surface area contributed by atoms with Crippen LogP contribution in [0.25, 0.3) is 0 Å². The van der Waals surface area contributed by atoms with E-state index in [9.17, 15) is 14.9 Å². The molecule has 19 heavy (non-hydrogen) atoms. The summed E-state index contributed by atoms with van der Waals surface area (Å²) in [6, 6.07) is 3.99. The molecule has 3 N–H and O–H groups in total. The second kappa shape index (κ2) is 6.84. The summed E-state index contributed by atoms with van der Waals surface area (Å²) >= 11 is 0. The highest BCUT2D eigenvalue weighted by atomic mass is 16.6. The van der Waals surface area contributed by atoms with Crippen molar-refractivity contribution in [3.05, 3.63) is 33.9 Å². The van der Waals surface area contributed by atoms with E-state index in [4.69, 9.17) is 5.73 Å². The number of nitrogens with two attached hydrogens (primary N) is 1. The molecule has 1 rings (SSSR count). The molecule has 1 unspecified atom stereocenters. The molecule has 0 aliphatic rings. The van der Waals surface area contributed by atoms with Crippen LogP contribution < -0.4 is 11.1 Å². The van der Waals surface area contributed by atoms with Gasteiger partial charge >= 0.3 is 0 Å². The van der Waals surface area contributed by atoms with Crippen molar-refractivity contribution in [3.63, 3.8) is 0 Å². The number of unbranched alkanes of at least 4 members (excludes halogenated alkanes) is 1. The maximum atomic E-state index is 11.8. The van der Waals surface area contributed by atoms with E-state index in [1.807, 2.05) is 6.92 Å². The molecule has 6 nitrogen and oxygen atoms in total. The number of nitro groups is 1. The Morgan fingerprint density at radius 1 is 1.53 bits per heavy atom. The lowest BCUT2D eigenvalue weighted by atomic mass is 10.1. The Hall–Kier alpha value is -1.95. The summed E-state index contributed by atoms with van der Waals surface area (Å²) in [6.07, 6.45) is 2.45. The van der Waals surface area contributed by atoms with E-state index in [0.717, 1.165) is 12.8 Å². The average molecular weight is 265 g/mol. The van der Waals surface area contributed by atoms with Gasteiger partial charge in [-0.15, -0.1) is 0 Å². The second-order valence-electron chi connectivity index (χ2n) is 4.44. The van der Waals surface area contributed by atoms with Crippen LogP contribution in [0, 0.1) is 17.0 Å². The molecule has 0 fully saturated rings. The largest absolute Gasteiger partial charge is 0.324 e. The van der Waals surface area contributed by atoms with Gasteiger partial charge in [0.1, 0.15) is 0 Å². The molecule has 0 heterocycles. The van der Waals surface area contributed by atoms with Gasteiger partial charge in [0, 0.05) is 6.07 Å². The fourth-order valence-corrected chi connectivity index (χ4v) is 1.74. The Kier molecular flexibility index (Phi) is 5.44. The fraction of sp³-hybridized carbons (Fsp3) is 0.462. The summed E-state index contributed by atoms with van der Waals surface area (Å²) in [5.74, 6) is -0.308. The maximum absolute atomic E-state index is 11.8. The predicted molar refractivity (Wildman–Crippen MR) is 74.0 cm³/mol. The normalized spacial score (nSPS) is 11.9. The van der Waals surface area contributed by atoms with Crippen molar-refractivity contribution >= 4 is 17.3 Å². The number of amides is 1. The third-order valence-corrected chi connectivity index (χ3v) is 2.97. The number of carbonyl (C=O) groups is 1. The molecule has 1 aromatic carbocycles. The first-order chi connectivity index (χ1) is 8.97. The summed E-state index contributed by atoms with van der Waals surface area (Å²) in [4.78, 5) is 22.2. The van der Waals surface area contributed by atoms with Crippen LogP contribution in [0.5, 0.6) is 0 Å². The first-order valence-electron chi connectivity index (χ1n) is 6.27. The molecule has 0 spiro atoms. The zero-order valence-corrected chi connectivity index (χ0v) is 11.2. The van der Waals surface area contributed by atoms with Crippen molar-refractivity contribution < 1.29 is 9.72 Å². The number of carbonyl (C=O) groups excluding carboxylic acids is 1. The monoisotopic (exact) mass is 265 g/mol. The van der Waals surface area contributed by atoms with Gasteiger partial charge in [0.15, 0.2) is 0 Å². The van der Waals surface area contributed by atoms with Crippen molar-refractivity contribution in [2.24, 2.45) is 5.73 Å². The SMILES string of the molecule is CCCCC(N)C(=O)Nc1cccc([N+](=O)[O-])c1C. The van der Waals surface area contributed by atoms with Crippen molar-refractivity contribution in [2.75, 3.05) is 5.32 Å². The smallest absolute Gasteiger partial charge is 0.274 e. The van der Waals surface area contributed by atoms with E-state index in [1.54, 1.807) is 13.0 Å². The summed E-state index contributed by atoms with van der Waals surface area (Å²) in [7, 11) is 0. The molecule has 0 bridgehead atoms. The fourth-order valence-electron chi connectivity index (χ4n) is 1.74. The first-order valence-corrected chi connectivity index (χ1v) is 6.27. The Bertz CT molecular complexity index is 474. The maximum Gasteiger partial charge on any atom is 0.274 e. The minimum atomic E-state index is -0.585. The van der Waals surface area contributed by atoms with E-state index >= 15 is 0 Å². The standard InChI is InChI=1S/C13H19N3O3/c1-3-4-6-10(14)13(17)15-11-7-5-8-12(9(11)2)16(18)19/h5,7-8,10H,3-4,6,14H2,1-2H3,(H,15,17). The zero-order valence-electron chi connectivity index (χ0n) is 11.2. The van der Waals surface area contributed by atoms with E-state index < -0.39 is 11.0 Å². The average Bonchev–Trinajstić information content (AvgIpc) is 2.37.